The van der Waals surface area contributed by atoms with E-state index < -0.39 is 0 Å². The van der Waals surface area contributed by atoms with Crippen LogP contribution in [0.5, 0.6) is 5.75 Å². The Morgan fingerprint density at radius 1 is 1.31 bits per heavy atom. The molecule has 2 aromatic rings. The van der Waals surface area contributed by atoms with Crippen LogP contribution in [0.1, 0.15) is 25.5 Å². The molecule has 0 radical (unpaired) electrons. The van der Waals surface area contributed by atoms with Gasteiger partial charge in [-0.3, -0.25) is 0 Å². The third-order valence-electron chi connectivity index (χ3n) is 2.24. The molecule has 2 nitrogen and oxygen atoms in total. The summed E-state index contributed by atoms with van der Waals surface area (Å²) in [6.07, 6.45) is 2.02. The van der Waals surface area contributed by atoms with Crippen molar-refractivity contribution in [1.82, 2.24) is 4.40 Å². The zero-order valence-corrected chi connectivity index (χ0v) is 7.86. The summed E-state index contributed by atoms with van der Waals surface area (Å²) in [7, 11) is 0. The highest BCUT2D eigenvalue weighted by Crippen LogP contribution is 2.22. The molecule has 2 aromatic heterocycles. The second kappa shape index (κ2) is 2.80. The Kier molecular flexibility index (Phi) is 1.76. The maximum absolute atomic E-state index is 9.46. The van der Waals surface area contributed by atoms with Gasteiger partial charge in [0.15, 0.2) is 0 Å². The highest BCUT2D eigenvalue weighted by molar-refractivity contribution is 5.53. The van der Waals surface area contributed by atoms with Crippen molar-refractivity contribution in [2.24, 2.45) is 0 Å². The summed E-state index contributed by atoms with van der Waals surface area (Å²) in [6, 6.07) is 7.57. The lowest BCUT2D eigenvalue weighted by atomic mass is 10.1. The van der Waals surface area contributed by atoms with Crippen LogP contribution in [-0.4, -0.2) is 9.51 Å². The molecule has 2 rings (SSSR count). The normalized spacial score (nSPS) is 11.3. The maximum Gasteiger partial charge on any atom is 0.119 e. The molecule has 0 aliphatic carbocycles. The first-order valence-corrected chi connectivity index (χ1v) is 4.48. The van der Waals surface area contributed by atoms with Gasteiger partial charge in [0.05, 0.1) is 0 Å². The molecular formula is C11H13NO. The van der Waals surface area contributed by atoms with E-state index in [0.717, 1.165) is 11.2 Å². The van der Waals surface area contributed by atoms with E-state index in [4.69, 9.17) is 0 Å². The number of fused-ring (bicyclic) bond motifs is 1. The van der Waals surface area contributed by atoms with Gasteiger partial charge in [-0.2, -0.15) is 0 Å². The van der Waals surface area contributed by atoms with Crippen molar-refractivity contribution < 1.29 is 5.11 Å². The third kappa shape index (κ3) is 1.28. The van der Waals surface area contributed by atoms with Crippen LogP contribution in [0.4, 0.5) is 0 Å². The minimum Gasteiger partial charge on any atom is -0.508 e. The summed E-state index contributed by atoms with van der Waals surface area (Å²) in [6.45, 7) is 4.24. The number of hydrogen-bond donors (Lipinski definition) is 1. The Morgan fingerprint density at radius 3 is 2.77 bits per heavy atom. The Balaban J connectivity index is 2.77. The average molecular weight is 175 g/mol. The van der Waals surface area contributed by atoms with Crippen LogP contribution in [-0.2, 0) is 0 Å². The van der Waals surface area contributed by atoms with Gasteiger partial charge >= 0.3 is 0 Å². The van der Waals surface area contributed by atoms with Gasteiger partial charge in [-0.05, 0) is 18.1 Å². The van der Waals surface area contributed by atoms with Crippen molar-refractivity contribution in [2.75, 3.05) is 0 Å². The largest absolute Gasteiger partial charge is 0.508 e. The number of pyridine rings is 1. The molecular weight excluding hydrogens is 162 g/mol. The minimum absolute atomic E-state index is 0.343. The van der Waals surface area contributed by atoms with E-state index in [1.807, 2.05) is 24.4 Å². The lowest BCUT2D eigenvalue weighted by Gasteiger charge is -2.10. The molecule has 0 unspecified atom stereocenters. The molecule has 0 amide bonds. The molecule has 1 N–H and O–H groups in total. The molecule has 0 bridgehead atoms. The fraction of sp³-hybridized carbons (Fsp3) is 0.273. The van der Waals surface area contributed by atoms with Gasteiger partial charge in [0.2, 0.25) is 0 Å². The third-order valence-corrected chi connectivity index (χ3v) is 2.24. The molecule has 0 spiro atoms. The molecule has 0 aliphatic heterocycles. The predicted molar refractivity (Wildman–Crippen MR) is 53.2 cm³/mol. The summed E-state index contributed by atoms with van der Waals surface area (Å²) in [4.78, 5) is 0. The van der Waals surface area contributed by atoms with Gasteiger partial charge in [0.1, 0.15) is 5.75 Å². The molecule has 0 atom stereocenters. The topological polar surface area (TPSA) is 24.6 Å². The molecule has 0 saturated heterocycles. The van der Waals surface area contributed by atoms with E-state index in [9.17, 15) is 5.11 Å². The van der Waals surface area contributed by atoms with E-state index in [0.29, 0.717) is 11.7 Å². The van der Waals surface area contributed by atoms with Gasteiger partial charge in [0, 0.05) is 29.5 Å². The lowest BCUT2D eigenvalue weighted by molar-refractivity contribution is 0.473. The van der Waals surface area contributed by atoms with Crippen molar-refractivity contribution in [3.8, 4) is 5.75 Å². The second-order valence-corrected chi connectivity index (χ2v) is 3.60. The van der Waals surface area contributed by atoms with Gasteiger partial charge < -0.3 is 9.51 Å². The number of aromatic hydroxyl groups is 1. The van der Waals surface area contributed by atoms with Crippen LogP contribution in [0, 0.1) is 0 Å². The summed E-state index contributed by atoms with van der Waals surface area (Å²) in [5.74, 6) is 0.761. The Hall–Kier alpha value is -1.44. The zero-order chi connectivity index (χ0) is 9.42. The first kappa shape index (κ1) is 8.17. The van der Waals surface area contributed by atoms with Crippen LogP contribution in [0.3, 0.4) is 0 Å². The number of nitrogens with zero attached hydrogens (tertiary/aromatic N) is 1. The maximum atomic E-state index is 9.46. The standard InChI is InChI=1S/C11H13NO/c1-8(2)11-7-10(13)6-9-4-3-5-12(9)11/h3-8,13H,1-2H3. The number of aromatic nitrogens is 1. The van der Waals surface area contributed by atoms with E-state index in [-0.39, 0.29) is 0 Å². The second-order valence-electron chi connectivity index (χ2n) is 3.60. The van der Waals surface area contributed by atoms with Crippen LogP contribution < -0.4 is 0 Å². The van der Waals surface area contributed by atoms with Crippen molar-refractivity contribution >= 4 is 5.52 Å². The van der Waals surface area contributed by atoms with Crippen LogP contribution in [0.2, 0.25) is 0 Å². The van der Waals surface area contributed by atoms with E-state index in [1.165, 1.54) is 0 Å². The van der Waals surface area contributed by atoms with Gasteiger partial charge in [-0.25, -0.2) is 0 Å². The summed E-state index contributed by atoms with van der Waals surface area (Å²) in [5, 5.41) is 9.46. The van der Waals surface area contributed by atoms with Crippen LogP contribution >= 0.6 is 0 Å². The van der Waals surface area contributed by atoms with Gasteiger partial charge in [0.25, 0.3) is 0 Å². The first-order valence-electron chi connectivity index (χ1n) is 4.48. The highest BCUT2D eigenvalue weighted by atomic mass is 16.3. The molecule has 13 heavy (non-hydrogen) atoms. The quantitative estimate of drug-likeness (QED) is 0.708. The summed E-state index contributed by atoms with van der Waals surface area (Å²) >= 11 is 0. The van der Waals surface area contributed by atoms with Crippen LogP contribution in [0.15, 0.2) is 30.5 Å². The first-order chi connectivity index (χ1) is 6.18. The smallest absolute Gasteiger partial charge is 0.119 e. The van der Waals surface area contributed by atoms with Crippen molar-refractivity contribution in [3.63, 3.8) is 0 Å². The van der Waals surface area contributed by atoms with Crippen molar-refractivity contribution in [3.05, 3.63) is 36.2 Å². The zero-order valence-electron chi connectivity index (χ0n) is 7.86. The molecule has 0 aromatic carbocycles. The fourth-order valence-corrected chi connectivity index (χ4v) is 1.61. The Morgan fingerprint density at radius 2 is 2.08 bits per heavy atom. The van der Waals surface area contributed by atoms with Crippen molar-refractivity contribution in [1.29, 1.82) is 0 Å². The number of hydrogen-bond acceptors (Lipinski definition) is 1. The molecule has 68 valence electrons. The van der Waals surface area contributed by atoms with Crippen molar-refractivity contribution in [2.45, 2.75) is 19.8 Å². The van der Waals surface area contributed by atoms with Crippen LogP contribution in [0.25, 0.3) is 5.52 Å². The summed E-state index contributed by atoms with van der Waals surface area (Å²) < 4.78 is 2.10. The molecule has 2 heterocycles. The molecule has 0 fully saturated rings. The van der Waals surface area contributed by atoms with Gasteiger partial charge in [-0.15, -0.1) is 0 Å². The Labute approximate surface area is 77.4 Å². The van der Waals surface area contributed by atoms with Gasteiger partial charge in [-0.1, -0.05) is 13.8 Å². The highest BCUT2D eigenvalue weighted by Gasteiger charge is 2.05. The average Bonchev–Trinajstić information content (AvgIpc) is 2.49. The molecule has 0 saturated carbocycles. The lowest BCUT2D eigenvalue weighted by Crippen LogP contribution is -1.96. The predicted octanol–water partition coefficient (Wildman–Crippen LogP) is 2.77. The monoisotopic (exact) mass is 175 g/mol. The van der Waals surface area contributed by atoms with E-state index >= 15 is 0 Å². The number of rotatable bonds is 1. The molecule has 0 aliphatic rings. The minimum atomic E-state index is 0.343. The Bertz CT molecular complexity index is 429. The van der Waals surface area contributed by atoms with E-state index in [2.05, 4.69) is 18.2 Å². The SMILES string of the molecule is CC(C)c1cc(O)cc2cccn12. The fourth-order valence-electron chi connectivity index (χ4n) is 1.61. The molecule has 2 heteroatoms. The van der Waals surface area contributed by atoms with E-state index in [1.54, 1.807) is 6.07 Å². The summed E-state index contributed by atoms with van der Waals surface area (Å²) in [5.41, 5.74) is 2.18.